The fraction of sp³-hybridized carbons (Fsp3) is 0.364. The number of rotatable bonds is 4. The Morgan fingerprint density at radius 1 is 1.29 bits per heavy atom. The molecule has 0 aliphatic heterocycles. The highest BCUT2D eigenvalue weighted by atomic mass is 32.1. The lowest BCUT2D eigenvalue weighted by atomic mass is 10.4. The van der Waals surface area contributed by atoms with Crippen LogP contribution in [0, 0.1) is 0 Å². The summed E-state index contributed by atoms with van der Waals surface area (Å²) in [7, 11) is 1.77. The van der Waals surface area contributed by atoms with Crippen LogP contribution in [0.4, 0.5) is 5.95 Å². The summed E-state index contributed by atoms with van der Waals surface area (Å²) in [5.41, 5.74) is 0. The van der Waals surface area contributed by atoms with Gasteiger partial charge in [0.25, 0.3) is 0 Å². The SMILES string of the molecule is CNc1nc(OC(C)C)nc(-c2cccs2)n1. The molecular formula is C11H14N4OS. The Bertz CT molecular complexity index is 484. The second kappa shape index (κ2) is 5.09. The molecule has 0 saturated carbocycles. The number of ether oxygens (including phenoxy) is 1. The lowest BCUT2D eigenvalue weighted by molar-refractivity contribution is 0.222. The maximum atomic E-state index is 5.50. The molecule has 0 amide bonds. The molecular weight excluding hydrogens is 236 g/mol. The molecule has 0 saturated heterocycles. The summed E-state index contributed by atoms with van der Waals surface area (Å²) < 4.78 is 5.50. The standard InChI is InChI=1S/C11H14N4OS/c1-7(2)16-11-14-9(8-5-4-6-17-8)13-10(12-3)15-11/h4-7H,1-3H3,(H,12,13,14,15). The van der Waals surface area contributed by atoms with Gasteiger partial charge in [-0.3, -0.25) is 0 Å². The monoisotopic (exact) mass is 250 g/mol. The van der Waals surface area contributed by atoms with Gasteiger partial charge in [-0.15, -0.1) is 11.3 Å². The topological polar surface area (TPSA) is 59.9 Å². The van der Waals surface area contributed by atoms with Gasteiger partial charge in [-0.1, -0.05) is 6.07 Å². The smallest absolute Gasteiger partial charge is 0.322 e. The first-order chi connectivity index (χ1) is 8.19. The predicted molar refractivity (Wildman–Crippen MR) is 68.5 cm³/mol. The Hall–Kier alpha value is -1.69. The van der Waals surface area contributed by atoms with Crippen LogP contribution in [-0.4, -0.2) is 28.1 Å². The van der Waals surface area contributed by atoms with Crippen molar-refractivity contribution in [3.63, 3.8) is 0 Å². The summed E-state index contributed by atoms with van der Waals surface area (Å²) in [6.07, 6.45) is 0.0401. The van der Waals surface area contributed by atoms with E-state index in [-0.39, 0.29) is 6.10 Å². The minimum absolute atomic E-state index is 0.0401. The van der Waals surface area contributed by atoms with Crippen LogP contribution >= 0.6 is 11.3 Å². The zero-order valence-electron chi connectivity index (χ0n) is 9.97. The van der Waals surface area contributed by atoms with Crippen LogP contribution in [0.15, 0.2) is 17.5 Å². The van der Waals surface area contributed by atoms with E-state index in [1.54, 1.807) is 18.4 Å². The van der Waals surface area contributed by atoms with Crippen molar-refractivity contribution in [3.8, 4) is 16.7 Å². The van der Waals surface area contributed by atoms with Gasteiger partial charge in [0.05, 0.1) is 11.0 Å². The number of aromatic nitrogens is 3. The fourth-order valence-corrected chi connectivity index (χ4v) is 1.91. The van der Waals surface area contributed by atoms with Gasteiger partial charge in [0.2, 0.25) is 5.95 Å². The Morgan fingerprint density at radius 2 is 2.12 bits per heavy atom. The molecule has 17 heavy (non-hydrogen) atoms. The minimum atomic E-state index is 0.0401. The summed E-state index contributed by atoms with van der Waals surface area (Å²) in [6, 6.07) is 4.28. The molecule has 0 aromatic carbocycles. The van der Waals surface area contributed by atoms with Crippen LogP contribution in [0.5, 0.6) is 6.01 Å². The van der Waals surface area contributed by atoms with Gasteiger partial charge in [0.1, 0.15) is 0 Å². The van der Waals surface area contributed by atoms with Crippen LogP contribution in [-0.2, 0) is 0 Å². The average Bonchev–Trinajstić information content (AvgIpc) is 2.81. The van der Waals surface area contributed by atoms with Crippen molar-refractivity contribution in [2.75, 3.05) is 12.4 Å². The first-order valence-corrected chi connectivity index (χ1v) is 6.21. The molecule has 90 valence electrons. The molecule has 2 aromatic heterocycles. The van der Waals surface area contributed by atoms with E-state index in [1.807, 2.05) is 31.4 Å². The molecule has 2 aromatic rings. The van der Waals surface area contributed by atoms with Crippen molar-refractivity contribution in [1.29, 1.82) is 0 Å². The number of hydrogen-bond donors (Lipinski definition) is 1. The van der Waals surface area contributed by atoms with Crippen molar-refractivity contribution < 1.29 is 4.74 Å². The highest BCUT2D eigenvalue weighted by Gasteiger charge is 2.10. The molecule has 6 heteroatoms. The van der Waals surface area contributed by atoms with Crippen LogP contribution in [0.25, 0.3) is 10.7 Å². The summed E-state index contributed by atoms with van der Waals surface area (Å²) in [5.74, 6) is 1.15. The van der Waals surface area contributed by atoms with E-state index >= 15 is 0 Å². The van der Waals surface area contributed by atoms with Gasteiger partial charge in [-0.25, -0.2) is 0 Å². The Morgan fingerprint density at radius 3 is 2.71 bits per heavy atom. The third-order valence-corrected chi connectivity index (χ3v) is 2.79. The molecule has 0 aliphatic carbocycles. The summed E-state index contributed by atoms with van der Waals surface area (Å²) >= 11 is 1.59. The van der Waals surface area contributed by atoms with Crippen LogP contribution in [0.1, 0.15) is 13.8 Å². The maximum absolute atomic E-state index is 5.50. The van der Waals surface area contributed by atoms with Crippen molar-refractivity contribution >= 4 is 17.3 Å². The number of hydrogen-bond acceptors (Lipinski definition) is 6. The summed E-state index contributed by atoms with van der Waals surface area (Å²) in [5, 5.41) is 4.89. The molecule has 0 radical (unpaired) electrons. The molecule has 0 spiro atoms. The third kappa shape index (κ3) is 2.91. The number of nitrogens with zero attached hydrogens (tertiary/aromatic N) is 3. The van der Waals surface area contributed by atoms with Crippen LogP contribution in [0.2, 0.25) is 0 Å². The number of nitrogens with one attached hydrogen (secondary N) is 1. The van der Waals surface area contributed by atoms with Crippen molar-refractivity contribution in [2.24, 2.45) is 0 Å². The van der Waals surface area contributed by atoms with Crippen LogP contribution in [0.3, 0.4) is 0 Å². The van der Waals surface area contributed by atoms with Crippen molar-refractivity contribution in [1.82, 2.24) is 15.0 Å². The first-order valence-electron chi connectivity index (χ1n) is 5.33. The van der Waals surface area contributed by atoms with Gasteiger partial charge in [-0.2, -0.15) is 15.0 Å². The lowest BCUT2D eigenvalue weighted by Crippen LogP contribution is -2.10. The summed E-state index contributed by atoms with van der Waals surface area (Å²) in [4.78, 5) is 13.7. The van der Waals surface area contributed by atoms with Crippen molar-refractivity contribution in [3.05, 3.63) is 17.5 Å². The Labute approximate surface area is 104 Å². The second-order valence-corrected chi connectivity index (χ2v) is 4.61. The zero-order chi connectivity index (χ0) is 12.3. The highest BCUT2D eigenvalue weighted by Crippen LogP contribution is 2.23. The molecule has 0 aliphatic rings. The van der Waals surface area contributed by atoms with E-state index in [0.717, 1.165) is 4.88 Å². The molecule has 0 unspecified atom stereocenters. The molecule has 2 heterocycles. The molecule has 0 bridgehead atoms. The zero-order valence-corrected chi connectivity index (χ0v) is 10.8. The highest BCUT2D eigenvalue weighted by molar-refractivity contribution is 7.13. The van der Waals surface area contributed by atoms with E-state index in [1.165, 1.54) is 0 Å². The Kier molecular flexibility index (Phi) is 3.53. The average molecular weight is 250 g/mol. The van der Waals surface area contributed by atoms with Crippen molar-refractivity contribution in [2.45, 2.75) is 20.0 Å². The first kappa shape index (κ1) is 11.8. The largest absolute Gasteiger partial charge is 0.461 e. The molecule has 1 N–H and O–H groups in total. The van der Waals surface area contributed by atoms with E-state index in [0.29, 0.717) is 17.8 Å². The molecule has 5 nitrogen and oxygen atoms in total. The third-order valence-electron chi connectivity index (χ3n) is 1.92. The van der Waals surface area contributed by atoms with Crippen LogP contribution < -0.4 is 10.1 Å². The second-order valence-electron chi connectivity index (χ2n) is 3.66. The minimum Gasteiger partial charge on any atom is -0.461 e. The lowest BCUT2D eigenvalue weighted by Gasteiger charge is -2.09. The number of anilines is 1. The summed E-state index contributed by atoms with van der Waals surface area (Å²) in [6.45, 7) is 3.88. The van der Waals surface area contributed by atoms with Gasteiger partial charge in [-0.05, 0) is 25.3 Å². The predicted octanol–water partition coefficient (Wildman–Crippen LogP) is 2.43. The van der Waals surface area contributed by atoms with Gasteiger partial charge < -0.3 is 10.1 Å². The van der Waals surface area contributed by atoms with E-state index in [9.17, 15) is 0 Å². The molecule has 2 rings (SSSR count). The maximum Gasteiger partial charge on any atom is 0.322 e. The van der Waals surface area contributed by atoms with Gasteiger partial charge in [0.15, 0.2) is 5.82 Å². The quantitative estimate of drug-likeness (QED) is 0.903. The van der Waals surface area contributed by atoms with Gasteiger partial charge >= 0.3 is 6.01 Å². The molecule has 0 fully saturated rings. The van der Waals surface area contributed by atoms with Gasteiger partial charge in [0, 0.05) is 7.05 Å². The normalized spacial score (nSPS) is 10.6. The number of thiophene rings is 1. The van der Waals surface area contributed by atoms with E-state index in [2.05, 4.69) is 20.3 Å². The Balaban J connectivity index is 2.38. The molecule has 0 atom stereocenters. The fourth-order valence-electron chi connectivity index (χ4n) is 1.25. The van der Waals surface area contributed by atoms with E-state index in [4.69, 9.17) is 4.74 Å². The van der Waals surface area contributed by atoms with E-state index < -0.39 is 0 Å².